The van der Waals surface area contributed by atoms with E-state index in [4.69, 9.17) is 0 Å². The lowest BCUT2D eigenvalue weighted by molar-refractivity contribution is 1.52. The molecule has 0 fully saturated rings. The topological polar surface area (TPSA) is 29.4 Å². The lowest BCUT2D eigenvalue weighted by atomic mass is 10.3. The Bertz CT molecular complexity index is 135. The third-order valence-electron chi connectivity index (χ3n) is 0.612. The highest BCUT2D eigenvalue weighted by Crippen LogP contribution is 1.91. The molecule has 0 saturated carbocycles. The van der Waals surface area contributed by atoms with Gasteiger partial charge in [-0.25, -0.2) is 0 Å². The van der Waals surface area contributed by atoms with Gasteiger partial charge in [-0.3, -0.25) is 0 Å². The van der Waals surface area contributed by atoms with E-state index in [0.717, 1.165) is 6.20 Å². The third kappa shape index (κ3) is 3.03. The largest absolute Gasteiger partial charge is 0.145 e. The van der Waals surface area contributed by atoms with Crippen molar-refractivity contribution in [3.05, 3.63) is 42.0 Å². The molecule has 0 saturated heterocycles. The highest BCUT2D eigenvalue weighted by molar-refractivity contribution is 5.24. The average Bonchev–Trinajstić information content (AvgIpc) is 1.83. The molecule has 0 bridgehead atoms. The maximum absolute atomic E-state index is 9.41. The van der Waals surface area contributed by atoms with Crippen molar-refractivity contribution < 1.29 is 0 Å². The molecule has 0 spiro atoms. The van der Waals surface area contributed by atoms with Crippen LogP contribution in [-0.4, -0.2) is 0 Å². The molecule has 0 aliphatic rings. The maximum atomic E-state index is 9.41. The van der Waals surface area contributed by atoms with E-state index in [0.29, 0.717) is 5.57 Å². The van der Waals surface area contributed by atoms with Gasteiger partial charge in [-0.2, -0.15) is 0 Å². The summed E-state index contributed by atoms with van der Waals surface area (Å²) < 4.78 is 0. The number of nitroso groups, excluding NO2 is 1. The van der Waals surface area contributed by atoms with Crippen molar-refractivity contribution in [2.75, 3.05) is 0 Å². The quantitative estimate of drug-likeness (QED) is 0.402. The Morgan fingerprint density at radius 2 is 2.25 bits per heavy atom. The Hall–Kier alpha value is -1.18. The molecule has 2 heteroatoms. The molecule has 42 valence electrons. The molecule has 8 heavy (non-hydrogen) atoms. The molecule has 0 aliphatic carbocycles. The number of hydrogen-bond donors (Lipinski definition) is 0. The zero-order valence-corrected chi connectivity index (χ0v) is 4.50. The molecule has 0 aromatic carbocycles. The fourth-order valence-electron chi connectivity index (χ4n) is 0.194. The highest BCUT2D eigenvalue weighted by atomic mass is 16.2. The first-order valence-corrected chi connectivity index (χ1v) is 2.11. The summed E-state index contributed by atoms with van der Waals surface area (Å²) in [6, 6.07) is 0. The molecule has 0 N–H and O–H groups in total. The van der Waals surface area contributed by atoms with Gasteiger partial charge in [0.2, 0.25) is 0 Å². The van der Waals surface area contributed by atoms with Gasteiger partial charge in [-0.05, 0) is 16.8 Å². The van der Waals surface area contributed by atoms with E-state index >= 15 is 0 Å². The lowest BCUT2D eigenvalue weighted by Crippen LogP contribution is -1.59. The van der Waals surface area contributed by atoms with Crippen LogP contribution < -0.4 is 0 Å². The van der Waals surface area contributed by atoms with Crippen molar-refractivity contribution >= 4 is 0 Å². The molecule has 0 amide bonds. The Balaban J connectivity index is 3.69. The molecule has 0 heterocycles. The first-order valence-electron chi connectivity index (χ1n) is 2.11. The van der Waals surface area contributed by atoms with Crippen LogP contribution in [0, 0.1) is 4.91 Å². The van der Waals surface area contributed by atoms with Crippen molar-refractivity contribution in [2.45, 2.75) is 0 Å². The van der Waals surface area contributed by atoms with Gasteiger partial charge in [0.1, 0.15) is 0 Å². The zero-order chi connectivity index (χ0) is 6.41. The minimum Gasteiger partial charge on any atom is -0.145 e. The van der Waals surface area contributed by atoms with Gasteiger partial charge in [0, 0.05) is 0 Å². The smallest absolute Gasteiger partial charge is 0.0720 e. The second-order valence-electron chi connectivity index (χ2n) is 1.20. The van der Waals surface area contributed by atoms with Crippen LogP contribution in [0.25, 0.3) is 0 Å². The van der Waals surface area contributed by atoms with Crippen molar-refractivity contribution in [2.24, 2.45) is 5.18 Å². The summed E-state index contributed by atoms with van der Waals surface area (Å²) in [5, 5.41) is 2.48. The SMILES string of the molecule is C=CC(=C)/C=C/N=O. The molecule has 0 aromatic heterocycles. The second-order valence-corrected chi connectivity index (χ2v) is 1.20. The standard InChI is InChI=1S/C6H7NO/c1-3-6(2)4-5-7-8/h3-5H,1-2H2/b5-4+. The summed E-state index contributed by atoms with van der Waals surface area (Å²) in [6.45, 7) is 6.93. The van der Waals surface area contributed by atoms with Crippen molar-refractivity contribution in [1.29, 1.82) is 0 Å². The summed E-state index contributed by atoms with van der Waals surface area (Å²) in [5.41, 5.74) is 0.685. The second kappa shape index (κ2) is 3.99. The van der Waals surface area contributed by atoms with Crippen LogP contribution >= 0.6 is 0 Å². The molecule has 2 nitrogen and oxygen atoms in total. The van der Waals surface area contributed by atoms with E-state index in [1.165, 1.54) is 6.08 Å². The summed E-state index contributed by atoms with van der Waals surface area (Å²) in [6.07, 6.45) is 4.16. The fourth-order valence-corrected chi connectivity index (χ4v) is 0.194. The van der Waals surface area contributed by atoms with Gasteiger partial charge in [-0.1, -0.05) is 19.2 Å². The van der Waals surface area contributed by atoms with E-state index in [1.54, 1.807) is 6.08 Å². The molecule has 0 aromatic rings. The number of allylic oxidation sites excluding steroid dienone is 3. The van der Waals surface area contributed by atoms with Gasteiger partial charge >= 0.3 is 0 Å². The predicted octanol–water partition coefficient (Wildman–Crippen LogP) is 2.01. The molecule has 0 unspecified atom stereocenters. The van der Waals surface area contributed by atoms with Crippen LogP contribution in [-0.2, 0) is 0 Å². The normalized spacial score (nSPS) is 9.00. The number of rotatable bonds is 3. The first kappa shape index (κ1) is 6.82. The van der Waals surface area contributed by atoms with Crippen LogP contribution in [0.2, 0.25) is 0 Å². The minimum atomic E-state index is 0.685. The summed E-state index contributed by atoms with van der Waals surface area (Å²) >= 11 is 0. The van der Waals surface area contributed by atoms with E-state index in [-0.39, 0.29) is 0 Å². The van der Waals surface area contributed by atoms with Crippen molar-refractivity contribution in [3.63, 3.8) is 0 Å². The monoisotopic (exact) mass is 109 g/mol. The van der Waals surface area contributed by atoms with Gasteiger partial charge in [0.25, 0.3) is 0 Å². The predicted molar refractivity (Wildman–Crippen MR) is 34.3 cm³/mol. The average molecular weight is 109 g/mol. The Kier molecular flexibility index (Phi) is 3.40. The molecule has 0 atom stereocenters. The Morgan fingerprint density at radius 3 is 2.62 bits per heavy atom. The van der Waals surface area contributed by atoms with Crippen molar-refractivity contribution in [3.8, 4) is 0 Å². The van der Waals surface area contributed by atoms with Crippen molar-refractivity contribution in [1.82, 2.24) is 0 Å². The van der Waals surface area contributed by atoms with Gasteiger partial charge in [0.05, 0.1) is 6.20 Å². The summed E-state index contributed by atoms with van der Waals surface area (Å²) in [5.74, 6) is 0. The van der Waals surface area contributed by atoms with E-state index in [2.05, 4.69) is 18.3 Å². The van der Waals surface area contributed by atoms with Gasteiger partial charge in [-0.15, -0.1) is 4.91 Å². The van der Waals surface area contributed by atoms with Gasteiger partial charge in [0.15, 0.2) is 0 Å². The fraction of sp³-hybridized carbons (Fsp3) is 0. The highest BCUT2D eigenvalue weighted by Gasteiger charge is 1.72. The number of nitrogens with zero attached hydrogens (tertiary/aromatic N) is 1. The third-order valence-corrected chi connectivity index (χ3v) is 0.612. The van der Waals surface area contributed by atoms with Crippen LogP contribution in [0.1, 0.15) is 0 Å². The first-order chi connectivity index (χ1) is 3.81. The lowest BCUT2D eigenvalue weighted by Gasteiger charge is -1.78. The molecule has 0 rings (SSSR count). The van der Waals surface area contributed by atoms with Crippen LogP contribution in [0.5, 0.6) is 0 Å². The van der Waals surface area contributed by atoms with Crippen LogP contribution in [0.3, 0.4) is 0 Å². The molecule has 0 radical (unpaired) electrons. The van der Waals surface area contributed by atoms with E-state index < -0.39 is 0 Å². The molecular formula is C6H7NO. The Morgan fingerprint density at radius 1 is 1.62 bits per heavy atom. The van der Waals surface area contributed by atoms with Crippen LogP contribution in [0.4, 0.5) is 0 Å². The van der Waals surface area contributed by atoms with E-state index in [9.17, 15) is 4.91 Å². The number of hydrogen-bond acceptors (Lipinski definition) is 2. The van der Waals surface area contributed by atoms with E-state index in [1.807, 2.05) is 0 Å². The molecular weight excluding hydrogens is 102 g/mol. The maximum Gasteiger partial charge on any atom is 0.0720 e. The summed E-state index contributed by atoms with van der Waals surface area (Å²) in [7, 11) is 0. The van der Waals surface area contributed by atoms with Crippen LogP contribution in [0.15, 0.2) is 42.3 Å². The minimum absolute atomic E-state index is 0.685. The summed E-state index contributed by atoms with van der Waals surface area (Å²) in [4.78, 5) is 9.41. The zero-order valence-electron chi connectivity index (χ0n) is 4.50. The molecule has 0 aliphatic heterocycles. The van der Waals surface area contributed by atoms with Gasteiger partial charge < -0.3 is 0 Å². The Labute approximate surface area is 48.2 Å².